The van der Waals surface area contributed by atoms with Crippen LogP contribution in [-0.2, 0) is 97.6 Å². The summed E-state index contributed by atoms with van der Waals surface area (Å²) in [6.45, 7) is 16.4. The predicted octanol–water partition coefficient (Wildman–Crippen LogP) is -3.56. The van der Waals surface area contributed by atoms with Crippen LogP contribution < -0.4 is 102 Å². The monoisotopic (exact) mass is 1750 g/mol. The Morgan fingerprint density at radius 2 is 0.816 bits per heavy atom. The van der Waals surface area contributed by atoms with Gasteiger partial charge in [0.2, 0.25) is 82.7 Å². The molecule has 42 heteroatoms. The number of guanidine groups is 2. The van der Waals surface area contributed by atoms with Gasteiger partial charge < -0.3 is 128 Å². The highest BCUT2D eigenvalue weighted by Gasteiger charge is 2.40. The van der Waals surface area contributed by atoms with Gasteiger partial charge >= 0.3 is 5.97 Å². The van der Waals surface area contributed by atoms with Crippen molar-refractivity contribution in [1.29, 1.82) is 10.8 Å². The molecule has 3 aromatic carbocycles. The molecule has 0 saturated carbocycles. The standard InChI is InChI=1S/C83H125N23O19/c1-42(2)33-57(72(115)100-61(38-51-40-89-41-93-51)74(117)103-63(81(124)125)34-43(3)4)102-79(122)65(44(5)6)104-68(111)46(9)94-70(113)55(20-15-31-91-82(85)86)95-78(121)66(45(7)8)105-76(119)60(37-50-24-28-53(109)29-25-50)99-73(116)58(36-49-22-26-52(108)27-23-49)98-75(118)62(39-64(84)110)101-71(114)56(21-16-32-92-83(87)88)96-80(123)67(47(10)107)106-77(120)59(35-48-17-12-11-13-18-48)97-69(112)54-19-14-30-90-54/h11-13,17-18,22-29,40-47,54-63,65-67,90,107-109H,14-16,19-21,30-39H2,1-10H3,(H2,84,110)(H,89,93)(H,94,113)(H,95,121)(H,96,123)(H,97,112)(H,98,118)(H,99,116)(H,100,115)(H,101,114)(H,102,122)(H,103,117)(H,104,111)(H,105,119)(H,106,120)(H,124,125)(H4,85,86,91)(H4,87,88,92)/t46-,47+,54-,55-,56-,57-,58-,59-,60-,61-,62-,63-,65-,66-,67-/m0/s1. The number of phenolic OH excluding ortho intramolecular Hbond substituents is 2. The van der Waals surface area contributed by atoms with Crippen LogP contribution in [-0.4, -0.2) is 241 Å². The van der Waals surface area contributed by atoms with Crippen LogP contribution in [0, 0.1) is 34.5 Å². The number of nitrogens with zero attached hydrogens (tertiary/aromatic N) is 1. The number of hydrogen-bond acceptors (Lipinski definition) is 22. The average molecular weight is 1750 g/mol. The van der Waals surface area contributed by atoms with E-state index in [1.54, 1.807) is 85.7 Å². The number of aliphatic hydroxyl groups excluding tert-OH is 1. The number of rotatable bonds is 52. The molecule has 0 aliphatic carbocycles. The Morgan fingerprint density at radius 3 is 1.24 bits per heavy atom. The molecule has 4 aromatic rings. The number of carbonyl (C=O) groups is 15. The molecule has 0 spiro atoms. The van der Waals surface area contributed by atoms with E-state index in [1.165, 1.54) is 74.9 Å². The molecule has 1 aliphatic heterocycles. The lowest BCUT2D eigenvalue weighted by molar-refractivity contribution is -0.143. The van der Waals surface area contributed by atoms with Crippen molar-refractivity contribution in [2.24, 2.45) is 40.9 Å². The minimum Gasteiger partial charge on any atom is -0.508 e. The summed E-state index contributed by atoms with van der Waals surface area (Å²) < 4.78 is 0. The number of hydrogen-bond donors (Lipinski definition) is 26. The largest absolute Gasteiger partial charge is 0.508 e. The number of aromatic hydroxyl groups is 2. The summed E-state index contributed by atoms with van der Waals surface area (Å²) in [5, 5.41) is 98.8. The second-order valence-corrected chi connectivity index (χ2v) is 32.5. The first kappa shape index (κ1) is 103. The van der Waals surface area contributed by atoms with Gasteiger partial charge in [0.25, 0.3) is 0 Å². The van der Waals surface area contributed by atoms with Crippen molar-refractivity contribution in [2.75, 3.05) is 19.6 Å². The number of aromatic amines is 1. The zero-order valence-electron chi connectivity index (χ0n) is 72.0. The lowest BCUT2D eigenvalue weighted by Gasteiger charge is -2.30. The van der Waals surface area contributed by atoms with Gasteiger partial charge in [0.1, 0.15) is 90.0 Å². The van der Waals surface area contributed by atoms with Crippen LogP contribution >= 0.6 is 0 Å². The second-order valence-electron chi connectivity index (χ2n) is 32.5. The first-order valence-electron chi connectivity index (χ1n) is 41.6. The number of H-pyrrole nitrogens is 1. The summed E-state index contributed by atoms with van der Waals surface area (Å²) in [6.07, 6.45) is 0.0751. The van der Waals surface area contributed by atoms with Gasteiger partial charge in [-0.1, -0.05) is 110 Å². The number of imidazole rings is 1. The molecule has 1 aliphatic rings. The fourth-order valence-electron chi connectivity index (χ4n) is 13.4. The maximum atomic E-state index is 15.1. The number of nitrogens with two attached hydrogens (primary N) is 3. The lowest BCUT2D eigenvalue weighted by atomic mass is 9.99. The van der Waals surface area contributed by atoms with E-state index in [1.807, 2.05) is 0 Å². The molecular weight excluding hydrogens is 1620 g/mol. The molecule has 5 rings (SSSR count). The van der Waals surface area contributed by atoms with Gasteiger partial charge in [0, 0.05) is 45.0 Å². The maximum Gasteiger partial charge on any atom is 0.326 e. The molecule has 0 radical (unpaired) electrons. The number of aromatic nitrogens is 2. The summed E-state index contributed by atoms with van der Waals surface area (Å²) in [6, 6.07) is -1.21. The van der Waals surface area contributed by atoms with E-state index >= 15 is 9.59 Å². The molecule has 0 bridgehead atoms. The predicted molar refractivity (Wildman–Crippen MR) is 458 cm³/mol. The van der Waals surface area contributed by atoms with E-state index in [0.717, 1.165) is 0 Å². The highest BCUT2D eigenvalue weighted by molar-refractivity contribution is 6.01. The molecule has 2 heterocycles. The number of carboxylic acids is 1. The minimum absolute atomic E-state index is 0.00337. The van der Waals surface area contributed by atoms with Crippen molar-refractivity contribution in [3.8, 4) is 11.5 Å². The van der Waals surface area contributed by atoms with Gasteiger partial charge in [0.15, 0.2) is 11.9 Å². The van der Waals surface area contributed by atoms with E-state index in [2.05, 4.69) is 95.0 Å². The van der Waals surface area contributed by atoms with Crippen LogP contribution in [0.15, 0.2) is 91.4 Å². The molecule has 29 N–H and O–H groups in total. The Labute approximate surface area is 724 Å². The van der Waals surface area contributed by atoms with Gasteiger partial charge in [0.05, 0.1) is 30.6 Å². The van der Waals surface area contributed by atoms with Gasteiger partial charge in [-0.25, -0.2) is 9.78 Å². The Morgan fingerprint density at radius 1 is 0.440 bits per heavy atom. The van der Waals surface area contributed by atoms with E-state index < -0.39 is 216 Å². The normalized spacial score (nSPS) is 15.8. The van der Waals surface area contributed by atoms with E-state index in [0.29, 0.717) is 36.2 Å². The molecule has 1 aromatic heterocycles. The summed E-state index contributed by atoms with van der Waals surface area (Å²) in [5.41, 5.74) is 18.4. The first-order chi connectivity index (χ1) is 59.0. The lowest BCUT2D eigenvalue weighted by Crippen LogP contribution is -2.62. The molecule has 125 heavy (non-hydrogen) atoms. The highest BCUT2D eigenvalue weighted by Crippen LogP contribution is 2.19. The molecule has 42 nitrogen and oxygen atoms in total. The molecule has 14 amide bonds. The molecule has 15 atom stereocenters. The number of primary amides is 1. The fraction of sp³-hybridized carbons (Fsp3) is 0.542. The van der Waals surface area contributed by atoms with E-state index in [-0.39, 0.29) is 99.8 Å². The van der Waals surface area contributed by atoms with E-state index in [9.17, 15) is 82.8 Å². The smallest absolute Gasteiger partial charge is 0.326 e. The number of carbonyl (C=O) groups excluding carboxylic acids is 14. The fourth-order valence-corrected chi connectivity index (χ4v) is 13.4. The van der Waals surface area contributed by atoms with E-state index in [4.69, 9.17) is 28.0 Å². The van der Waals surface area contributed by atoms with Crippen LogP contribution in [0.5, 0.6) is 11.5 Å². The Bertz CT molecular complexity index is 4300. The van der Waals surface area contributed by atoms with Gasteiger partial charge in [-0.3, -0.25) is 77.9 Å². The van der Waals surface area contributed by atoms with Crippen LogP contribution in [0.2, 0.25) is 0 Å². The Balaban J connectivity index is 1.40. The van der Waals surface area contributed by atoms with Gasteiger partial charge in [-0.15, -0.1) is 0 Å². The number of benzene rings is 3. The van der Waals surface area contributed by atoms with Crippen LogP contribution in [0.4, 0.5) is 0 Å². The third-order valence-corrected chi connectivity index (χ3v) is 20.2. The van der Waals surface area contributed by atoms with Crippen molar-refractivity contribution in [2.45, 2.75) is 243 Å². The van der Waals surface area contributed by atoms with Crippen molar-refractivity contribution in [3.05, 3.63) is 114 Å². The first-order valence-corrected chi connectivity index (χ1v) is 41.6. The number of carboxylic acid groups (broad SMARTS) is 1. The molecule has 1 fully saturated rings. The third-order valence-electron chi connectivity index (χ3n) is 20.2. The quantitative estimate of drug-likeness (QED) is 0.0116. The summed E-state index contributed by atoms with van der Waals surface area (Å²) >= 11 is 0. The molecule has 1 saturated heterocycles. The number of amides is 14. The van der Waals surface area contributed by atoms with Gasteiger partial charge in [-0.2, -0.15) is 0 Å². The summed E-state index contributed by atoms with van der Waals surface area (Å²) in [5.74, 6) is -17.8. The number of phenols is 2. The molecule has 0 unspecified atom stereocenters. The number of aliphatic carboxylic acids is 1. The third kappa shape index (κ3) is 36.1. The zero-order valence-corrected chi connectivity index (χ0v) is 72.0. The zero-order chi connectivity index (χ0) is 92.9. The highest BCUT2D eigenvalue weighted by atomic mass is 16.4. The van der Waals surface area contributed by atoms with Crippen molar-refractivity contribution in [1.82, 2.24) is 95.0 Å². The Hall–Kier alpha value is -13.0. The second kappa shape index (κ2) is 51.2. The summed E-state index contributed by atoms with van der Waals surface area (Å²) in [4.78, 5) is 220. The molecule has 686 valence electrons. The summed E-state index contributed by atoms with van der Waals surface area (Å²) in [7, 11) is 0. The number of aliphatic hydroxyl groups is 1. The number of nitrogens with one attached hydrogen (secondary N) is 19. The van der Waals surface area contributed by atoms with Crippen molar-refractivity contribution >= 4 is 101 Å². The molecular formula is C83H125N23O19. The van der Waals surface area contributed by atoms with Crippen LogP contribution in [0.1, 0.15) is 149 Å². The van der Waals surface area contributed by atoms with Crippen LogP contribution in [0.3, 0.4) is 0 Å². The van der Waals surface area contributed by atoms with Crippen molar-refractivity contribution in [3.63, 3.8) is 0 Å². The minimum atomic E-state index is -1.96. The Kier molecular flexibility index (Phi) is 42.0. The maximum absolute atomic E-state index is 15.1. The van der Waals surface area contributed by atoms with Crippen LogP contribution in [0.25, 0.3) is 0 Å². The SMILES string of the molecule is CC(C)C[C@H](NC(=O)[C@H](Cc1c[nH]cn1)NC(=O)[C@H](CC(C)C)NC(=O)[C@@H](NC(=O)[C@H](C)NC(=O)[C@H](CCCNC(=N)N)NC(=O)[C@@H](NC(=O)[C@H](Cc1ccc(O)cc1)NC(=O)[C@H](Cc1ccc(O)cc1)NC(=O)[C@H](CC(N)=O)NC(=O)[C@H](CCCNC(=N)N)NC(=O)[C@@H](NC(=O)[C@H](Cc1ccccc1)NC(=O)[C@@H]1CCCN1)[C@@H](C)O)C(C)C)C(C)C)C(=O)O. The van der Waals surface area contributed by atoms with Crippen molar-refractivity contribution < 1.29 is 92.3 Å². The van der Waals surface area contributed by atoms with Gasteiger partial charge in [-0.05, 0) is 136 Å². The average Bonchev–Trinajstić information content (AvgIpc) is 1.36. The topological polar surface area (TPSA) is 684 Å².